The van der Waals surface area contributed by atoms with E-state index < -0.39 is 0 Å². The van der Waals surface area contributed by atoms with Crippen molar-refractivity contribution in [2.75, 3.05) is 0 Å². The molecule has 0 aliphatic rings. The summed E-state index contributed by atoms with van der Waals surface area (Å²) in [6, 6.07) is 0. The van der Waals surface area contributed by atoms with E-state index in [2.05, 4.69) is 53.3 Å². The van der Waals surface area contributed by atoms with Gasteiger partial charge in [-0.2, -0.15) is 0 Å². The van der Waals surface area contributed by atoms with Crippen LogP contribution in [-0.2, 0) is 0 Å². The molecule has 0 heteroatoms. The SMILES string of the molecule is C=C(C)/C=C\C(=C(C)C)C(CCC)CCCC. The number of hydrogen-bond donors (Lipinski definition) is 0. The lowest BCUT2D eigenvalue weighted by atomic mass is 9.86. The van der Waals surface area contributed by atoms with E-state index in [1.165, 1.54) is 43.3 Å². The monoisotopic (exact) mass is 234 g/mol. The van der Waals surface area contributed by atoms with Crippen molar-refractivity contribution in [3.63, 3.8) is 0 Å². The van der Waals surface area contributed by atoms with Crippen molar-refractivity contribution in [1.29, 1.82) is 0 Å². The van der Waals surface area contributed by atoms with E-state index in [9.17, 15) is 0 Å². The van der Waals surface area contributed by atoms with Gasteiger partial charge in [0.1, 0.15) is 0 Å². The summed E-state index contributed by atoms with van der Waals surface area (Å²) in [6.07, 6.45) is 11.0. The Morgan fingerprint density at radius 3 is 2.06 bits per heavy atom. The zero-order valence-electron chi connectivity index (χ0n) is 12.5. The van der Waals surface area contributed by atoms with Gasteiger partial charge in [0.15, 0.2) is 0 Å². The summed E-state index contributed by atoms with van der Waals surface area (Å²) in [7, 11) is 0. The quantitative estimate of drug-likeness (QED) is 0.448. The van der Waals surface area contributed by atoms with Gasteiger partial charge in [-0.25, -0.2) is 0 Å². The lowest BCUT2D eigenvalue weighted by Gasteiger charge is -2.19. The normalized spacial score (nSPS) is 12.8. The Labute approximate surface area is 109 Å². The summed E-state index contributed by atoms with van der Waals surface area (Å²) in [5.41, 5.74) is 4.12. The van der Waals surface area contributed by atoms with Gasteiger partial charge < -0.3 is 0 Å². The maximum atomic E-state index is 3.94. The maximum Gasteiger partial charge on any atom is -0.0163 e. The Bertz CT molecular complexity index is 274. The topological polar surface area (TPSA) is 0 Å². The van der Waals surface area contributed by atoms with Gasteiger partial charge in [0, 0.05) is 0 Å². The van der Waals surface area contributed by atoms with Crippen LogP contribution in [0.15, 0.2) is 35.5 Å². The first-order valence-corrected chi connectivity index (χ1v) is 7.03. The highest BCUT2D eigenvalue weighted by atomic mass is 14.2. The van der Waals surface area contributed by atoms with Crippen LogP contribution >= 0.6 is 0 Å². The molecule has 1 atom stereocenters. The summed E-state index contributed by atoms with van der Waals surface area (Å²) < 4.78 is 0. The molecule has 0 saturated carbocycles. The Morgan fingerprint density at radius 1 is 1.00 bits per heavy atom. The molecule has 0 bridgehead atoms. The molecule has 0 aromatic rings. The fraction of sp³-hybridized carbons (Fsp3) is 0.647. The van der Waals surface area contributed by atoms with Crippen molar-refractivity contribution in [2.45, 2.75) is 66.7 Å². The second-order valence-electron chi connectivity index (χ2n) is 5.26. The third kappa shape index (κ3) is 7.20. The molecule has 0 aliphatic heterocycles. The van der Waals surface area contributed by atoms with Crippen LogP contribution < -0.4 is 0 Å². The fourth-order valence-electron chi connectivity index (χ4n) is 2.20. The first-order chi connectivity index (χ1) is 8.02. The van der Waals surface area contributed by atoms with Crippen molar-refractivity contribution in [3.05, 3.63) is 35.5 Å². The second kappa shape index (κ2) is 9.27. The minimum atomic E-state index is 0.737. The van der Waals surface area contributed by atoms with Gasteiger partial charge in [-0.05, 0) is 45.1 Å². The van der Waals surface area contributed by atoms with Gasteiger partial charge in [0.2, 0.25) is 0 Å². The molecular formula is C17H30. The highest BCUT2D eigenvalue weighted by Gasteiger charge is 2.12. The zero-order valence-corrected chi connectivity index (χ0v) is 12.5. The van der Waals surface area contributed by atoms with Gasteiger partial charge in [0.05, 0.1) is 0 Å². The van der Waals surface area contributed by atoms with E-state index in [0.29, 0.717) is 0 Å². The summed E-state index contributed by atoms with van der Waals surface area (Å²) in [5, 5.41) is 0. The van der Waals surface area contributed by atoms with Crippen molar-refractivity contribution in [2.24, 2.45) is 5.92 Å². The van der Waals surface area contributed by atoms with E-state index in [4.69, 9.17) is 0 Å². The van der Waals surface area contributed by atoms with Gasteiger partial charge in [-0.15, -0.1) is 0 Å². The number of allylic oxidation sites excluding steroid dienone is 5. The van der Waals surface area contributed by atoms with E-state index in [1.807, 2.05) is 0 Å². The standard InChI is InChI=1S/C17H30/c1-7-9-11-16(10-8-2)17(15(5)6)13-12-14(3)4/h12-13,16H,3,7-11H2,1-2,4-6H3/b13-12-. The molecule has 0 heterocycles. The Kier molecular flexibility index (Phi) is 8.85. The highest BCUT2D eigenvalue weighted by Crippen LogP contribution is 2.27. The molecule has 0 spiro atoms. The average Bonchev–Trinajstić information content (AvgIpc) is 2.25. The number of unbranched alkanes of at least 4 members (excludes halogenated alkanes) is 1. The van der Waals surface area contributed by atoms with Crippen molar-refractivity contribution in [3.8, 4) is 0 Å². The van der Waals surface area contributed by atoms with Crippen LogP contribution in [0, 0.1) is 5.92 Å². The zero-order chi connectivity index (χ0) is 13.3. The molecule has 0 amide bonds. The first-order valence-electron chi connectivity index (χ1n) is 7.03. The molecular weight excluding hydrogens is 204 g/mol. The van der Waals surface area contributed by atoms with Crippen LogP contribution in [0.25, 0.3) is 0 Å². The van der Waals surface area contributed by atoms with E-state index in [1.54, 1.807) is 0 Å². The van der Waals surface area contributed by atoms with Gasteiger partial charge in [-0.1, -0.05) is 63.0 Å². The Balaban J connectivity index is 4.84. The Morgan fingerprint density at radius 2 is 1.65 bits per heavy atom. The van der Waals surface area contributed by atoms with Crippen LogP contribution in [0.5, 0.6) is 0 Å². The van der Waals surface area contributed by atoms with E-state index in [0.717, 1.165) is 11.5 Å². The van der Waals surface area contributed by atoms with Crippen molar-refractivity contribution in [1.82, 2.24) is 0 Å². The van der Waals surface area contributed by atoms with Crippen molar-refractivity contribution >= 4 is 0 Å². The third-order valence-corrected chi connectivity index (χ3v) is 3.11. The van der Waals surface area contributed by atoms with Crippen LogP contribution in [-0.4, -0.2) is 0 Å². The number of hydrogen-bond acceptors (Lipinski definition) is 0. The predicted molar refractivity (Wildman–Crippen MR) is 80.3 cm³/mol. The molecule has 0 aromatic carbocycles. The smallest absolute Gasteiger partial charge is 0.0163 e. The average molecular weight is 234 g/mol. The van der Waals surface area contributed by atoms with Gasteiger partial charge >= 0.3 is 0 Å². The molecule has 17 heavy (non-hydrogen) atoms. The molecule has 0 saturated heterocycles. The minimum absolute atomic E-state index is 0.737. The fourth-order valence-corrected chi connectivity index (χ4v) is 2.20. The molecule has 98 valence electrons. The molecule has 0 N–H and O–H groups in total. The summed E-state index contributed by atoms with van der Waals surface area (Å²) >= 11 is 0. The largest absolute Gasteiger partial charge is 0.0961 e. The maximum absolute atomic E-state index is 3.94. The molecule has 1 unspecified atom stereocenters. The predicted octanol–water partition coefficient (Wildman–Crippen LogP) is 6.06. The number of rotatable bonds is 8. The van der Waals surface area contributed by atoms with Crippen LogP contribution in [0.3, 0.4) is 0 Å². The second-order valence-corrected chi connectivity index (χ2v) is 5.26. The molecule has 0 radical (unpaired) electrons. The highest BCUT2D eigenvalue weighted by molar-refractivity contribution is 5.30. The molecule has 0 aliphatic carbocycles. The lowest BCUT2D eigenvalue weighted by Crippen LogP contribution is -2.04. The van der Waals surface area contributed by atoms with E-state index in [-0.39, 0.29) is 0 Å². The van der Waals surface area contributed by atoms with Crippen molar-refractivity contribution < 1.29 is 0 Å². The van der Waals surface area contributed by atoms with Gasteiger partial charge in [0.25, 0.3) is 0 Å². The molecule has 0 rings (SSSR count). The van der Waals surface area contributed by atoms with E-state index >= 15 is 0 Å². The molecule has 0 nitrogen and oxygen atoms in total. The lowest BCUT2D eigenvalue weighted by molar-refractivity contribution is 0.493. The summed E-state index contributed by atoms with van der Waals surface area (Å²) in [5.74, 6) is 0.737. The molecule has 0 aromatic heterocycles. The third-order valence-electron chi connectivity index (χ3n) is 3.11. The minimum Gasteiger partial charge on any atom is -0.0961 e. The van der Waals surface area contributed by atoms with Crippen LogP contribution in [0.4, 0.5) is 0 Å². The summed E-state index contributed by atoms with van der Waals surface area (Å²) in [4.78, 5) is 0. The van der Waals surface area contributed by atoms with Crippen LogP contribution in [0.1, 0.15) is 66.7 Å². The van der Waals surface area contributed by atoms with Gasteiger partial charge in [-0.3, -0.25) is 0 Å². The summed E-state index contributed by atoms with van der Waals surface area (Å²) in [6.45, 7) is 15.0. The Hall–Kier alpha value is -0.780. The molecule has 0 fully saturated rings. The first kappa shape index (κ1) is 16.2. The van der Waals surface area contributed by atoms with Crippen LogP contribution in [0.2, 0.25) is 0 Å².